The third-order valence-corrected chi connectivity index (χ3v) is 6.08. The second kappa shape index (κ2) is 11.1. The molecule has 3 rings (SSSR count). The van der Waals surface area contributed by atoms with Gasteiger partial charge in [-0.1, -0.05) is 68.1 Å². The largest absolute Gasteiger partial charge is 0.352 e. The monoisotopic (exact) mass is 424 g/mol. The minimum atomic E-state index is -0.551. The first-order valence-electron chi connectivity index (χ1n) is 11.4. The van der Waals surface area contributed by atoms with E-state index >= 15 is 0 Å². The molecule has 1 aliphatic carbocycles. The topological polar surface area (TPSA) is 49.4 Å². The van der Waals surface area contributed by atoms with Crippen LogP contribution in [0.1, 0.15) is 62.1 Å². The van der Waals surface area contributed by atoms with Crippen molar-refractivity contribution in [1.29, 1.82) is 0 Å². The number of nitrogens with zero attached hydrogens (tertiary/aromatic N) is 1. The molecule has 0 aromatic heterocycles. The molecule has 0 spiro atoms. The summed E-state index contributed by atoms with van der Waals surface area (Å²) < 4.78 is 13.4. The zero-order chi connectivity index (χ0) is 22.2. The molecule has 0 bridgehead atoms. The summed E-state index contributed by atoms with van der Waals surface area (Å²) in [6, 6.07) is 13.6. The van der Waals surface area contributed by atoms with Crippen molar-refractivity contribution >= 4 is 11.8 Å². The molecule has 0 unspecified atom stereocenters. The number of hydrogen-bond donors (Lipinski definition) is 1. The van der Waals surface area contributed by atoms with Crippen LogP contribution in [0.5, 0.6) is 0 Å². The maximum Gasteiger partial charge on any atom is 0.243 e. The Kier molecular flexibility index (Phi) is 8.21. The smallest absolute Gasteiger partial charge is 0.243 e. The quantitative estimate of drug-likeness (QED) is 0.653. The van der Waals surface area contributed by atoms with Gasteiger partial charge in [-0.15, -0.1) is 0 Å². The maximum absolute atomic E-state index is 13.4. The molecule has 1 atom stereocenters. The van der Waals surface area contributed by atoms with Gasteiger partial charge in [-0.25, -0.2) is 4.39 Å². The molecule has 0 heterocycles. The van der Waals surface area contributed by atoms with E-state index in [-0.39, 0.29) is 36.6 Å². The molecule has 2 amide bonds. The van der Waals surface area contributed by atoms with Gasteiger partial charge in [-0.05, 0) is 49.4 Å². The molecule has 31 heavy (non-hydrogen) atoms. The number of hydrogen-bond acceptors (Lipinski definition) is 2. The van der Waals surface area contributed by atoms with Crippen molar-refractivity contribution in [3.8, 4) is 0 Å². The number of aryl methyl sites for hydroxylation is 1. The van der Waals surface area contributed by atoms with E-state index < -0.39 is 6.04 Å². The lowest BCUT2D eigenvalue weighted by atomic mass is 9.95. The number of benzene rings is 2. The molecule has 1 saturated carbocycles. The van der Waals surface area contributed by atoms with Crippen LogP contribution in [-0.4, -0.2) is 28.8 Å². The van der Waals surface area contributed by atoms with E-state index in [4.69, 9.17) is 0 Å². The summed E-state index contributed by atoms with van der Waals surface area (Å²) in [5.74, 6) is -0.504. The van der Waals surface area contributed by atoms with Crippen LogP contribution >= 0.6 is 0 Å². The standard InChI is InChI=1S/C26H33FN2O2/c1-3-24(26(31)28-23-7-5-4-6-8-23)29(18-21-13-15-22(27)16-14-21)25(30)17-20-11-9-19(2)10-12-20/h9-16,23-24H,3-8,17-18H2,1-2H3,(H,28,31)/t24-/m1/s1. The third kappa shape index (κ3) is 6.65. The number of halogens is 1. The van der Waals surface area contributed by atoms with Crippen molar-refractivity contribution in [1.82, 2.24) is 10.2 Å². The second-order valence-electron chi connectivity index (χ2n) is 8.58. The summed E-state index contributed by atoms with van der Waals surface area (Å²) in [6.07, 6.45) is 6.24. The highest BCUT2D eigenvalue weighted by Crippen LogP contribution is 2.20. The van der Waals surface area contributed by atoms with Crippen LogP contribution in [-0.2, 0) is 22.6 Å². The molecular weight excluding hydrogens is 391 g/mol. The van der Waals surface area contributed by atoms with Crippen LogP contribution in [0.4, 0.5) is 4.39 Å². The number of nitrogens with one attached hydrogen (secondary N) is 1. The molecule has 1 N–H and O–H groups in total. The van der Waals surface area contributed by atoms with E-state index in [9.17, 15) is 14.0 Å². The molecule has 166 valence electrons. The van der Waals surface area contributed by atoms with Crippen LogP contribution in [0.2, 0.25) is 0 Å². The van der Waals surface area contributed by atoms with Gasteiger partial charge in [0.05, 0.1) is 6.42 Å². The van der Waals surface area contributed by atoms with Crippen molar-refractivity contribution in [2.45, 2.75) is 77.4 Å². The summed E-state index contributed by atoms with van der Waals surface area (Å²) in [4.78, 5) is 28.2. The molecule has 1 aliphatic rings. The summed E-state index contributed by atoms with van der Waals surface area (Å²) in [5.41, 5.74) is 2.86. The molecule has 0 radical (unpaired) electrons. The molecule has 0 aliphatic heterocycles. The average molecular weight is 425 g/mol. The Balaban J connectivity index is 1.79. The molecule has 1 fully saturated rings. The average Bonchev–Trinajstić information content (AvgIpc) is 2.77. The Labute approximate surface area is 184 Å². The van der Waals surface area contributed by atoms with E-state index in [1.165, 1.54) is 18.6 Å². The number of carbonyl (C=O) groups excluding carboxylic acids is 2. The van der Waals surface area contributed by atoms with Gasteiger partial charge in [-0.2, -0.15) is 0 Å². The van der Waals surface area contributed by atoms with E-state index in [0.29, 0.717) is 6.42 Å². The van der Waals surface area contributed by atoms with E-state index in [2.05, 4.69) is 5.32 Å². The molecule has 0 saturated heterocycles. The van der Waals surface area contributed by atoms with Crippen molar-refractivity contribution in [2.75, 3.05) is 0 Å². The minimum absolute atomic E-state index is 0.0891. The first kappa shape index (κ1) is 23.0. The Morgan fingerprint density at radius 3 is 2.23 bits per heavy atom. The van der Waals surface area contributed by atoms with Gasteiger partial charge in [0.1, 0.15) is 11.9 Å². The van der Waals surface area contributed by atoms with Gasteiger partial charge in [0.2, 0.25) is 11.8 Å². The van der Waals surface area contributed by atoms with Gasteiger partial charge in [0.15, 0.2) is 0 Å². The highest BCUT2D eigenvalue weighted by atomic mass is 19.1. The summed E-state index contributed by atoms with van der Waals surface area (Å²) in [7, 11) is 0. The zero-order valence-electron chi connectivity index (χ0n) is 18.6. The lowest BCUT2D eigenvalue weighted by Gasteiger charge is -2.33. The van der Waals surface area contributed by atoms with Crippen molar-refractivity contribution in [2.24, 2.45) is 0 Å². The molecule has 2 aromatic rings. The van der Waals surface area contributed by atoms with Gasteiger partial charge in [0, 0.05) is 12.6 Å². The van der Waals surface area contributed by atoms with Crippen molar-refractivity contribution in [3.63, 3.8) is 0 Å². The minimum Gasteiger partial charge on any atom is -0.352 e. The van der Waals surface area contributed by atoms with Crippen LogP contribution in [0.15, 0.2) is 48.5 Å². The molecule has 4 nitrogen and oxygen atoms in total. The summed E-state index contributed by atoms with van der Waals surface area (Å²) in [5, 5.41) is 3.18. The van der Waals surface area contributed by atoms with Crippen LogP contribution < -0.4 is 5.32 Å². The Hall–Kier alpha value is -2.69. The predicted octanol–water partition coefficient (Wildman–Crippen LogP) is 4.93. The molecular formula is C26H33FN2O2. The highest BCUT2D eigenvalue weighted by Gasteiger charge is 2.30. The predicted molar refractivity (Wildman–Crippen MR) is 121 cm³/mol. The van der Waals surface area contributed by atoms with Gasteiger partial charge < -0.3 is 10.2 Å². The molecule has 2 aromatic carbocycles. The van der Waals surface area contributed by atoms with Crippen LogP contribution in [0.25, 0.3) is 0 Å². The highest BCUT2D eigenvalue weighted by molar-refractivity contribution is 5.88. The second-order valence-corrected chi connectivity index (χ2v) is 8.58. The lowest BCUT2D eigenvalue weighted by Crippen LogP contribution is -2.51. The SMILES string of the molecule is CC[C@H](C(=O)NC1CCCCC1)N(Cc1ccc(F)cc1)C(=O)Cc1ccc(C)cc1. The third-order valence-electron chi connectivity index (χ3n) is 6.08. The van der Waals surface area contributed by atoms with Crippen LogP contribution in [0.3, 0.4) is 0 Å². The van der Waals surface area contributed by atoms with E-state index in [0.717, 1.165) is 42.4 Å². The summed E-state index contributed by atoms with van der Waals surface area (Å²) in [6.45, 7) is 4.22. The Morgan fingerprint density at radius 1 is 1.00 bits per heavy atom. The van der Waals surface area contributed by atoms with Crippen molar-refractivity contribution < 1.29 is 14.0 Å². The number of amides is 2. The Morgan fingerprint density at radius 2 is 1.61 bits per heavy atom. The maximum atomic E-state index is 13.4. The first-order chi connectivity index (χ1) is 15.0. The van der Waals surface area contributed by atoms with Crippen molar-refractivity contribution in [3.05, 3.63) is 71.0 Å². The fraction of sp³-hybridized carbons (Fsp3) is 0.462. The lowest BCUT2D eigenvalue weighted by molar-refractivity contribution is -0.141. The fourth-order valence-corrected chi connectivity index (χ4v) is 4.23. The Bertz CT molecular complexity index is 858. The van der Waals surface area contributed by atoms with Gasteiger partial charge >= 0.3 is 0 Å². The summed E-state index contributed by atoms with van der Waals surface area (Å²) >= 11 is 0. The van der Waals surface area contributed by atoms with E-state index in [1.54, 1.807) is 17.0 Å². The van der Waals surface area contributed by atoms with Gasteiger partial charge in [-0.3, -0.25) is 9.59 Å². The van der Waals surface area contributed by atoms with E-state index in [1.807, 2.05) is 38.1 Å². The van der Waals surface area contributed by atoms with Gasteiger partial charge in [0.25, 0.3) is 0 Å². The molecule has 5 heteroatoms. The fourth-order valence-electron chi connectivity index (χ4n) is 4.23. The zero-order valence-corrected chi connectivity index (χ0v) is 18.6. The van der Waals surface area contributed by atoms with Crippen LogP contribution in [0, 0.1) is 12.7 Å². The first-order valence-corrected chi connectivity index (χ1v) is 11.4. The normalized spacial score (nSPS) is 15.3. The number of rotatable bonds is 8. The number of carbonyl (C=O) groups is 2.